The van der Waals surface area contributed by atoms with Crippen molar-refractivity contribution in [1.29, 1.82) is 0 Å². The molecule has 2 amide bonds. The Labute approximate surface area is 276 Å². The third-order valence-electron chi connectivity index (χ3n) is 5.50. The number of carbonyl (C=O) groups excluding carboxylic acids is 2. The molecule has 0 fully saturated rings. The van der Waals surface area contributed by atoms with Gasteiger partial charge in [0.1, 0.15) is 22.6 Å². The van der Waals surface area contributed by atoms with E-state index in [2.05, 4.69) is 14.2 Å². The van der Waals surface area contributed by atoms with E-state index in [0.717, 1.165) is 52.2 Å². The van der Waals surface area contributed by atoms with Crippen molar-refractivity contribution < 1.29 is 112 Å². The quantitative estimate of drug-likeness (QED) is 0.182. The summed E-state index contributed by atoms with van der Waals surface area (Å²) in [7, 11) is 0. The van der Waals surface area contributed by atoms with Gasteiger partial charge in [-0.05, 0) is 41.5 Å². The molecule has 7 nitrogen and oxygen atoms in total. The number of hydrogen-bond donors (Lipinski definition) is 2. The molecule has 0 unspecified atom stereocenters. The summed E-state index contributed by atoms with van der Waals surface area (Å²) in [6.07, 6.45) is -11.8. The third kappa shape index (κ3) is 8.25. The van der Waals surface area contributed by atoms with Crippen LogP contribution in [0, 0.1) is 17.5 Å². The predicted molar refractivity (Wildman–Crippen MR) is 132 cm³/mol. The van der Waals surface area contributed by atoms with E-state index in [1.165, 1.54) is 0 Å². The summed E-state index contributed by atoms with van der Waals surface area (Å²) in [5.41, 5.74) is -7.37. The zero-order valence-electron chi connectivity index (χ0n) is 26.1. The van der Waals surface area contributed by atoms with Crippen LogP contribution >= 0.6 is 0 Å². The van der Waals surface area contributed by atoms with Gasteiger partial charge < -0.3 is 14.2 Å². The van der Waals surface area contributed by atoms with Gasteiger partial charge in [0.25, 0.3) is 0 Å². The summed E-state index contributed by atoms with van der Waals surface area (Å²) >= 11 is 0. The van der Waals surface area contributed by atoms with Crippen LogP contribution in [0.1, 0.15) is 41.5 Å². The Kier molecular flexibility index (Phi) is 12.1. The van der Waals surface area contributed by atoms with Crippen molar-refractivity contribution in [2.45, 2.75) is 94.5 Å². The van der Waals surface area contributed by atoms with Crippen molar-refractivity contribution in [1.82, 2.24) is 0 Å². The average Bonchev–Trinajstić information content (AvgIpc) is 2.92. The monoisotopic (exact) mass is 808 g/mol. The van der Waals surface area contributed by atoms with E-state index in [9.17, 15) is 84.2 Å². The largest absolute Gasteiger partial charge is 0.460 e. The topological polar surface area (TPSA) is 85.9 Å². The third-order valence-corrected chi connectivity index (χ3v) is 5.50. The highest BCUT2D eigenvalue weighted by atomic mass is 19.4. The maximum atomic E-state index is 15.1. The van der Waals surface area contributed by atoms with Gasteiger partial charge in [0.15, 0.2) is 17.5 Å². The standard InChI is InChI=1S/C25H20F20N2O5/c1-17(2,3)51-15(48)46-10-7(26)11(47-16(49)52-18(4,5)6)9(28)12(8(10)27)50-14(30)13(29)19(31,32)20(33,34)21(35,36)22(37,38)23(39,40)24(41,42)25(43,44)45/h1-6H3,(H,46,48)(H,47,49). The number of hydrogen-bond acceptors (Lipinski definition) is 5. The van der Waals surface area contributed by atoms with Crippen molar-refractivity contribution in [3.05, 3.63) is 29.3 Å². The molecule has 0 atom stereocenters. The number of carbonyl (C=O) groups is 2. The zero-order chi connectivity index (χ0) is 41.8. The number of halogens is 20. The van der Waals surface area contributed by atoms with Crippen molar-refractivity contribution in [2.75, 3.05) is 10.6 Å². The van der Waals surface area contributed by atoms with Crippen LogP contribution in [-0.2, 0) is 9.47 Å². The summed E-state index contributed by atoms with van der Waals surface area (Å²) in [6, 6.07) is -4.33. The Morgan fingerprint density at radius 1 is 0.500 bits per heavy atom. The number of benzene rings is 1. The number of anilines is 2. The molecule has 1 aromatic carbocycles. The van der Waals surface area contributed by atoms with Crippen LogP contribution < -0.4 is 15.4 Å². The highest BCUT2D eigenvalue weighted by molar-refractivity contribution is 5.90. The number of nitrogens with one attached hydrogen (secondary N) is 2. The molecule has 0 radical (unpaired) electrons. The second-order valence-corrected chi connectivity index (χ2v) is 11.9. The zero-order valence-corrected chi connectivity index (χ0v) is 26.1. The van der Waals surface area contributed by atoms with Crippen LogP contribution in [0.5, 0.6) is 5.75 Å². The molecule has 0 saturated heterocycles. The molecule has 0 aromatic heterocycles. The van der Waals surface area contributed by atoms with E-state index in [1.807, 2.05) is 0 Å². The molecular formula is C25H20F20N2O5. The molecule has 0 aliphatic heterocycles. The van der Waals surface area contributed by atoms with E-state index in [-0.39, 0.29) is 0 Å². The smallest absolute Gasteiger partial charge is 0.444 e. The molecule has 0 bridgehead atoms. The first-order valence-electron chi connectivity index (χ1n) is 12.9. The van der Waals surface area contributed by atoms with E-state index in [4.69, 9.17) is 0 Å². The van der Waals surface area contributed by atoms with Crippen molar-refractivity contribution in [2.24, 2.45) is 0 Å². The summed E-state index contributed by atoms with van der Waals surface area (Å²) in [6.45, 7) is 6.72. The van der Waals surface area contributed by atoms with Crippen LogP contribution in [0.3, 0.4) is 0 Å². The minimum atomic E-state index is -8.91. The van der Waals surface area contributed by atoms with Gasteiger partial charge in [-0.15, -0.1) is 0 Å². The molecule has 0 saturated carbocycles. The molecule has 0 aliphatic carbocycles. The molecule has 0 aliphatic rings. The first kappa shape index (κ1) is 45.9. The second-order valence-electron chi connectivity index (χ2n) is 11.9. The molecule has 0 spiro atoms. The summed E-state index contributed by atoms with van der Waals surface area (Å²) in [5, 5.41) is 2.30. The van der Waals surface area contributed by atoms with Gasteiger partial charge in [-0.1, -0.05) is 0 Å². The lowest BCUT2D eigenvalue weighted by Crippen LogP contribution is -2.72. The molecule has 1 aromatic rings. The first-order chi connectivity index (χ1) is 22.6. The molecule has 2 N–H and O–H groups in total. The maximum Gasteiger partial charge on any atom is 0.460 e. The lowest BCUT2D eigenvalue weighted by Gasteiger charge is -2.41. The van der Waals surface area contributed by atoms with Crippen LogP contribution in [0.15, 0.2) is 11.8 Å². The molecule has 27 heteroatoms. The minimum absolute atomic E-state index is 1.12. The van der Waals surface area contributed by atoms with E-state index >= 15 is 13.2 Å². The van der Waals surface area contributed by atoms with Crippen molar-refractivity contribution in [3.63, 3.8) is 0 Å². The number of alkyl halides is 15. The first-order valence-corrected chi connectivity index (χ1v) is 12.9. The molecular weight excluding hydrogens is 788 g/mol. The van der Waals surface area contributed by atoms with Gasteiger partial charge in [0, 0.05) is 0 Å². The van der Waals surface area contributed by atoms with E-state index in [1.54, 1.807) is 0 Å². The predicted octanol–water partition coefficient (Wildman–Crippen LogP) is 10.7. The van der Waals surface area contributed by atoms with Crippen molar-refractivity contribution >= 4 is 23.6 Å². The lowest BCUT2D eigenvalue weighted by molar-refractivity contribution is -0.451. The van der Waals surface area contributed by atoms with Crippen LogP contribution in [0.4, 0.5) is 109 Å². The van der Waals surface area contributed by atoms with Gasteiger partial charge >= 0.3 is 59.9 Å². The molecule has 52 heavy (non-hydrogen) atoms. The Morgan fingerprint density at radius 2 is 0.808 bits per heavy atom. The van der Waals surface area contributed by atoms with Gasteiger partial charge in [-0.2, -0.15) is 74.6 Å². The fraction of sp³-hybridized carbons (Fsp3) is 0.600. The number of amides is 2. The van der Waals surface area contributed by atoms with Crippen LogP contribution in [0.2, 0.25) is 0 Å². The normalized spacial score (nSPS) is 14.8. The number of allylic oxidation sites excluding steroid dienone is 1. The van der Waals surface area contributed by atoms with Crippen LogP contribution in [-0.4, -0.2) is 65.1 Å². The molecule has 1 rings (SSSR count). The highest BCUT2D eigenvalue weighted by Gasteiger charge is 2.94. The summed E-state index contributed by atoms with van der Waals surface area (Å²) in [5.74, 6) is -67.9. The Hall–Kier alpha value is -4.10. The molecule has 300 valence electrons. The highest BCUT2D eigenvalue weighted by Crippen LogP contribution is 2.63. The lowest BCUT2D eigenvalue weighted by atomic mass is 9.91. The SMILES string of the molecule is CC(C)(C)OC(=O)Nc1c(F)c(NC(=O)OC(C)(C)C)c(F)c(OC(F)=C(F)C(F)(F)C(F)(F)C(F)(F)C(F)(F)C(F)(F)C(F)(F)C(F)(F)F)c1F. The van der Waals surface area contributed by atoms with Crippen molar-refractivity contribution in [3.8, 4) is 5.75 Å². The fourth-order valence-electron chi connectivity index (χ4n) is 3.12. The van der Waals surface area contributed by atoms with Gasteiger partial charge in [-0.3, -0.25) is 10.6 Å². The van der Waals surface area contributed by atoms with Crippen LogP contribution in [0.25, 0.3) is 0 Å². The average molecular weight is 808 g/mol. The summed E-state index contributed by atoms with van der Waals surface area (Å²) in [4.78, 5) is 24.1. The Balaban J connectivity index is 3.98. The second kappa shape index (κ2) is 13.7. The van der Waals surface area contributed by atoms with Gasteiger partial charge in [0.2, 0.25) is 11.6 Å². The van der Waals surface area contributed by atoms with Gasteiger partial charge in [-0.25, -0.2) is 22.8 Å². The van der Waals surface area contributed by atoms with E-state index < -0.39 is 112 Å². The Bertz CT molecular complexity index is 1520. The maximum absolute atomic E-state index is 15.1. The number of rotatable bonds is 10. The Morgan fingerprint density at radius 3 is 1.12 bits per heavy atom. The summed E-state index contributed by atoms with van der Waals surface area (Å²) < 4.78 is 288. The van der Waals surface area contributed by atoms with Gasteiger partial charge in [0.05, 0.1) is 0 Å². The fourth-order valence-corrected chi connectivity index (χ4v) is 3.12. The van der Waals surface area contributed by atoms with E-state index in [0.29, 0.717) is 0 Å². The number of ether oxygens (including phenoxy) is 3. The minimum Gasteiger partial charge on any atom is -0.444 e. The molecule has 0 heterocycles.